The Bertz CT molecular complexity index is 1060. The number of fused-ring (bicyclic) bond motifs is 3. The van der Waals surface area contributed by atoms with Crippen LogP contribution in [0.15, 0.2) is 33.7 Å². The van der Waals surface area contributed by atoms with Crippen LogP contribution in [0.1, 0.15) is 26.0 Å². The highest BCUT2D eigenvalue weighted by atomic mass is 79.9. The zero-order valence-corrected chi connectivity index (χ0v) is 18.0. The molecule has 0 saturated heterocycles. The van der Waals surface area contributed by atoms with Crippen LogP contribution in [0.25, 0.3) is 21.7 Å². The van der Waals surface area contributed by atoms with Gasteiger partial charge in [0.05, 0.1) is 27.7 Å². The average Bonchev–Trinajstić information content (AvgIpc) is 2.63. The first-order chi connectivity index (χ1) is 13.3. The summed E-state index contributed by atoms with van der Waals surface area (Å²) in [7, 11) is 0. The van der Waals surface area contributed by atoms with Crippen LogP contribution in [0.3, 0.4) is 0 Å². The zero-order chi connectivity index (χ0) is 20.4. The lowest BCUT2D eigenvalue weighted by Gasteiger charge is -2.18. The summed E-state index contributed by atoms with van der Waals surface area (Å²) in [5.74, 6) is 1.12. The molecular formula is C21H26BrN3O3. The number of nitrogens with zero attached hydrogens (tertiary/aromatic N) is 2. The Morgan fingerprint density at radius 1 is 1.32 bits per heavy atom. The molecule has 0 aliphatic heterocycles. The number of hydrogen-bond donors (Lipinski definition) is 2. The molecule has 0 spiro atoms. The molecule has 2 aromatic heterocycles. The fraction of sp³-hybridized carbons (Fsp3) is 0.429. The lowest BCUT2D eigenvalue weighted by atomic mass is 10.0. The monoisotopic (exact) mass is 447 g/mol. The third kappa shape index (κ3) is 4.06. The predicted octanol–water partition coefficient (Wildman–Crippen LogP) is 3.37. The summed E-state index contributed by atoms with van der Waals surface area (Å²) in [6.45, 7) is 6.53. The molecule has 0 saturated carbocycles. The zero-order valence-electron chi connectivity index (χ0n) is 16.4. The Balaban J connectivity index is 2.15. The van der Waals surface area contributed by atoms with Crippen LogP contribution in [0.5, 0.6) is 5.75 Å². The van der Waals surface area contributed by atoms with E-state index in [1.807, 2.05) is 25.1 Å². The molecule has 3 aromatic rings. The molecule has 3 rings (SSSR count). The molecule has 3 N–H and O–H groups in total. The second-order valence-corrected chi connectivity index (χ2v) is 8.35. The largest absolute Gasteiger partial charge is 0.491 e. The maximum atomic E-state index is 13.1. The summed E-state index contributed by atoms with van der Waals surface area (Å²) in [5.41, 5.74) is 7.37. The molecule has 1 atom stereocenters. The van der Waals surface area contributed by atoms with Crippen LogP contribution < -0.4 is 16.0 Å². The quantitative estimate of drug-likeness (QED) is 0.541. The number of aliphatic hydroxyl groups excluding tert-OH is 1. The number of aromatic nitrogens is 2. The summed E-state index contributed by atoms with van der Waals surface area (Å²) in [4.78, 5) is 17.3. The van der Waals surface area contributed by atoms with Crippen LogP contribution in [-0.2, 0) is 6.54 Å². The van der Waals surface area contributed by atoms with Crippen molar-refractivity contribution < 1.29 is 9.84 Å². The van der Waals surface area contributed by atoms with Gasteiger partial charge in [0.25, 0.3) is 5.56 Å². The van der Waals surface area contributed by atoms with Gasteiger partial charge in [-0.25, -0.2) is 0 Å². The number of aliphatic hydroxyl groups is 1. The van der Waals surface area contributed by atoms with E-state index in [9.17, 15) is 9.90 Å². The van der Waals surface area contributed by atoms with Gasteiger partial charge in [-0.2, -0.15) is 0 Å². The van der Waals surface area contributed by atoms with Gasteiger partial charge < -0.3 is 20.1 Å². The highest BCUT2D eigenvalue weighted by Gasteiger charge is 2.16. The van der Waals surface area contributed by atoms with Gasteiger partial charge in [0, 0.05) is 30.2 Å². The first-order valence-electron chi connectivity index (χ1n) is 9.44. The topological polar surface area (TPSA) is 90.4 Å². The molecule has 0 radical (unpaired) electrons. The van der Waals surface area contributed by atoms with E-state index in [4.69, 9.17) is 10.5 Å². The van der Waals surface area contributed by atoms with E-state index in [0.717, 1.165) is 21.7 Å². The van der Waals surface area contributed by atoms with E-state index in [0.29, 0.717) is 34.9 Å². The van der Waals surface area contributed by atoms with Crippen molar-refractivity contribution in [2.45, 2.75) is 39.8 Å². The number of rotatable bonds is 7. The van der Waals surface area contributed by atoms with E-state index in [1.54, 1.807) is 10.8 Å². The maximum absolute atomic E-state index is 13.1. The molecule has 2 heterocycles. The van der Waals surface area contributed by atoms with Crippen LogP contribution >= 0.6 is 15.9 Å². The van der Waals surface area contributed by atoms with E-state index < -0.39 is 0 Å². The number of hydrogen-bond acceptors (Lipinski definition) is 5. The molecule has 0 unspecified atom stereocenters. The minimum atomic E-state index is -0.160. The Labute approximate surface area is 172 Å². The predicted molar refractivity (Wildman–Crippen MR) is 116 cm³/mol. The van der Waals surface area contributed by atoms with Crippen molar-refractivity contribution in [2.24, 2.45) is 11.7 Å². The lowest BCUT2D eigenvalue weighted by molar-refractivity contribution is 0.269. The second kappa shape index (κ2) is 8.59. The number of aryl methyl sites for hydroxylation is 1. The van der Waals surface area contributed by atoms with Crippen LogP contribution in [-0.4, -0.2) is 33.9 Å². The first kappa shape index (κ1) is 20.8. The highest BCUT2D eigenvalue weighted by Crippen LogP contribution is 2.33. The lowest BCUT2D eigenvalue weighted by Crippen LogP contribution is -2.29. The van der Waals surface area contributed by atoms with Crippen molar-refractivity contribution in [3.05, 3.63) is 44.9 Å². The summed E-state index contributed by atoms with van der Waals surface area (Å²) in [5, 5.41) is 11.8. The molecule has 0 bridgehead atoms. The van der Waals surface area contributed by atoms with Gasteiger partial charge in [0.15, 0.2) is 0 Å². The molecule has 7 heteroatoms. The van der Waals surface area contributed by atoms with E-state index in [1.165, 1.54) is 0 Å². The smallest absolute Gasteiger partial charge is 0.260 e. The molecule has 28 heavy (non-hydrogen) atoms. The Kier molecular flexibility index (Phi) is 6.37. The van der Waals surface area contributed by atoms with Crippen molar-refractivity contribution in [3.8, 4) is 5.75 Å². The van der Waals surface area contributed by atoms with Gasteiger partial charge in [-0.05, 0) is 52.7 Å². The van der Waals surface area contributed by atoms with Crippen LogP contribution in [0, 0.1) is 12.8 Å². The molecule has 6 nitrogen and oxygen atoms in total. The van der Waals surface area contributed by atoms with Crippen molar-refractivity contribution >= 4 is 37.6 Å². The van der Waals surface area contributed by atoms with E-state index in [2.05, 4.69) is 34.8 Å². The van der Waals surface area contributed by atoms with Gasteiger partial charge in [0.2, 0.25) is 0 Å². The van der Waals surface area contributed by atoms with Gasteiger partial charge in [-0.15, -0.1) is 0 Å². The van der Waals surface area contributed by atoms with Crippen LogP contribution in [0.2, 0.25) is 0 Å². The number of benzene rings is 1. The Morgan fingerprint density at radius 3 is 2.75 bits per heavy atom. The van der Waals surface area contributed by atoms with E-state index in [-0.39, 0.29) is 24.8 Å². The molecule has 1 aromatic carbocycles. The minimum Gasteiger partial charge on any atom is -0.491 e. The average molecular weight is 448 g/mol. The maximum Gasteiger partial charge on any atom is 0.260 e. The molecule has 0 aliphatic carbocycles. The fourth-order valence-corrected chi connectivity index (χ4v) is 4.05. The number of pyridine rings is 2. The van der Waals surface area contributed by atoms with Crippen molar-refractivity contribution in [2.75, 3.05) is 13.2 Å². The number of ether oxygens (including phenoxy) is 1. The van der Waals surface area contributed by atoms with Crippen LogP contribution in [0.4, 0.5) is 0 Å². The van der Waals surface area contributed by atoms with Gasteiger partial charge in [-0.1, -0.05) is 13.8 Å². The van der Waals surface area contributed by atoms with Crippen molar-refractivity contribution in [1.29, 1.82) is 0 Å². The first-order valence-corrected chi connectivity index (χ1v) is 10.2. The molecule has 0 fully saturated rings. The Morgan fingerprint density at radius 2 is 2.07 bits per heavy atom. The summed E-state index contributed by atoms with van der Waals surface area (Å²) < 4.78 is 8.33. The molecule has 0 aliphatic rings. The third-order valence-corrected chi connectivity index (χ3v) is 5.40. The standard InChI is InChI=1S/C21H26BrN3O3/c1-12(2)8-14(23)11-28-19-10-18-16(9-17(19)22)15-4-5-24-13(3)20(15)21(27)25(18)6-7-26/h4-5,9-10,12,14,26H,6-8,11,23H2,1-3H3/t14-/m0/s1. The van der Waals surface area contributed by atoms with Gasteiger partial charge >= 0.3 is 0 Å². The second-order valence-electron chi connectivity index (χ2n) is 7.50. The molecular weight excluding hydrogens is 422 g/mol. The van der Waals surface area contributed by atoms with E-state index >= 15 is 0 Å². The van der Waals surface area contributed by atoms with Gasteiger partial charge in [-0.3, -0.25) is 9.78 Å². The summed E-state index contributed by atoms with van der Waals surface area (Å²) in [6, 6.07) is 5.58. The number of nitrogens with two attached hydrogens (primary N) is 1. The fourth-order valence-electron chi connectivity index (χ4n) is 3.59. The Hall–Kier alpha value is -1.96. The third-order valence-electron chi connectivity index (χ3n) is 4.78. The van der Waals surface area contributed by atoms with Gasteiger partial charge in [0.1, 0.15) is 12.4 Å². The molecule has 150 valence electrons. The highest BCUT2D eigenvalue weighted by molar-refractivity contribution is 9.10. The van der Waals surface area contributed by atoms with Crippen molar-refractivity contribution in [1.82, 2.24) is 9.55 Å². The summed E-state index contributed by atoms with van der Waals surface area (Å²) >= 11 is 3.59. The molecule has 0 amide bonds. The van der Waals surface area contributed by atoms with Crippen molar-refractivity contribution in [3.63, 3.8) is 0 Å². The summed E-state index contributed by atoms with van der Waals surface area (Å²) in [6.07, 6.45) is 2.58. The number of halogens is 1. The minimum absolute atomic E-state index is 0.0624. The SMILES string of the molecule is Cc1nccc2c1c(=O)n(CCO)c1cc(OC[C@@H](N)CC(C)C)c(Br)cc21. The normalized spacial score (nSPS) is 12.8.